The number of phenolic OH excluding ortho intramolecular Hbond substituents is 2. The Bertz CT molecular complexity index is 1450. The van der Waals surface area contributed by atoms with Crippen LogP contribution in [0.5, 0.6) is 34.5 Å². The van der Waals surface area contributed by atoms with Gasteiger partial charge in [0.05, 0.1) is 7.11 Å². The highest BCUT2D eigenvalue weighted by molar-refractivity contribution is 5.91. The van der Waals surface area contributed by atoms with Gasteiger partial charge in [-0.2, -0.15) is 0 Å². The van der Waals surface area contributed by atoms with Crippen LogP contribution in [0, 0.1) is 0 Å². The first-order chi connectivity index (χ1) is 17.6. The number of fused-ring (bicyclic) bond motifs is 2. The van der Waals surface area contributed by atoms with Crippen LogP contribution in [0.25, 0.3) is 22.3 Å². The summed E-state index contributed by atoms with van der Waals surface area (Å²) in [7, 11) is 1.21. The van der Waals surface area contributed by atoms with E-state index in [1.165, 1.54) is 25.3 Å². The molecule has 3 aromatic rings. The molecule has 0 unspecified atom stereocenters. The number of carboxylic acid groups (broad SMARTS) is 1. The van der Waals surface area contributed by atoms with E-state index < -0.39 is 53.6 Å². The summed E-state index contributed by atoms with van der Waals surface area (Å²) in [4.78, 5) is 24.4. The molecule has 37 heavy (non-hydrogen) atoms. The number of benzene rings is 2. The SMILES string of the molecule is COc1c(-c2ccc(O[C@H]3O[C@@H](C(=O)O)[C@H](O)[C@@H](O)[C@@H]3O)c(O)c2)oc2cc3c(c(O)c2c1=O)OCO3. The second-order valence-corrected chi connectivity index (χ2v) is 8.16. The predicted octanol–water partition coefficient (Wildman–Crippen LogP) is -0.121. The number of aliphatic hydroxyl groups is 3. The van der Waals surface area contributed by atoms with Crippen molar-refractivity contribution in [2.45, 2.75) is 30.7 Å². The molecular formula is C23H20O14. The van der Waals surface area contributed by atoms with Crippen LogP contribution in [-0.4, -0.2) is 81.2 Å². The first-order valence-corrected chi connectivity index (χ1v) is 10.7. The number of methoxy groups -OCH3 is 1. The molecule has 5 rings (SSSR count). The van der Waals surface area contributed by atoms with Crippen molar-refractivity contribution in [3.05, 3.63) is 34.5 Å². The van der Waals surface area contributed by atoms with E-state index in [-0.39, 0.29) is 52.1 Å². The van der Waals surface area contributed by atoms with Crippen LogP contribution in [0.4, 0.5) is 0 Å². The van der Waals surface area contributed by atoms with Crippen molar-refractivity contribution in [1.82, 2.24) is 0 Å². The van der Waals surface area contributed by atoms with Gasteiger partial charge >= 0.3 is 5.97 Å². The third-order valence-corrected chi connectivity index (χ3v) is 5.93. The Kier molecular flexibility index (Phi) is 5.95. The fraction of sp³-hybridized carbons (Fsp3) is 0.304. The lowest BCUT2D eigenvalue weighted by molar-refractivity contribution is -0.271. The lowest BCUT2D eigenvalue weighted by atomic mass is 9.99. The topological polar surface area (TPSA) is 215 Å². The van der Waals surface area contributed by atoms with Crippen molar-refractivity contribution in [2.24, 2.45) is 0 Å². The van der Waals surface area contributed by atoms with Crippen molar-refractivity contribution in [3.63, 3.8) is 0 Å². The molecule has 0 spiro atoms. The van der Waals surface area contributed by atoms with E-state index in [0.29, 0.717) is 0 Å². The average Bonchev–Trinajstić information content (AvgIpc) is 3.34. The van der Waals surface area contributed by atoms with Crippen LogP contribution in [0.2, 0.25) is 0 Å². The number of aliphatic hydroxyl groups excluding tert-OH is 3. The molecule has 2 aromatic carbocycles. The minimum absolute atomic E-state index is 0.0105. The van der Waals surface area contributed by atoms with Gasteiger partial charge in [-0.1, -0.05) is 0 Å². The quantitative estimate of drug-likeness (QED) is 0.259. The average molecular weight is 520 g/mol. The molecule has 5 atom stereocenters. The molecule has 196 valence electrons. The molecule has 6 N–H and O–H groups in total. The molecule has 1 fully saturated rings. The fourth-order valence-corrected chi connectivity index (χ4v) is 4.08. The largest absolute Gasteiger partial charge is 0.504 e. The van der Waals surface area contributed by atoms with Gasteiger partial charge in [0.25, 0.3) is 0 Å². The van der Waals surface area contributed by atoms with E-state index >= 15 is 0 Å². The lowest BCUT2D eigenvalue weighted by Gasteiger charge is -2.38. The lowest BCUT2D eigenvalue weighted by Crippen LogP contribution is -2.61. The van der Waals surface area contributed by atoms with Crippen LogP contribution in [0.3, 0.4) is 0 Å². The molecule has 1 aromatic heterocycles. The molecular weight excluding hydrogens is 500 g/mol. The molecule has 1 saturated heterocycles. The van der Waals surface area contributed by atoms with Crippen molar-refractivity contribution in [3.8, 4) is 45.8 Å². The van der Waals surface area contributed by atoms with Crippen molar-refractivity contribution in [2.75, 3.05) is 13.9 Å². The van der Waals surface area contributed by atoms with E-state index in [9.17, 15) is 35.1 Å². The highest BCUT2D eigenvalue weighted by Crippen LogP contribution is 2.46. The minimum Gasteiger partial charge on any atom is -0.504 e. The van der Waals surface area contributed by atoms with Gasteiger partial charge in [-0.3, -0.25) is 4.79 Å². The van der Waals surface area contributed by atoms with Gasteiger partial charge in [0, 0.05) is 11.6 Å². The number of phenols is 2. The molecule has 14 heteroatoms. The zero-order valence-corrected chi connectivity index (χ0v) is 18.9. The third-order valence-electron chi connectivity index (χ3n) is 5.93. The van der Waals surface area contributed by atoms with Gasteiger partial charge in [-0.25, -0.2) is 4.79 Å². The Morgan fingerprint density at radius 1 is 1.05 bits per heavy atom. The summed E-state index contributed by atoms with van der Waals surface area (Å²) < 4.78 is 31.9. The summed E-state index contributed by atoms with van der Waals surface area (Å²) in [6.07, 6.45) is -9.30. The smallest absolute Gasteiger partial charge is 0.335 e. The molecule has 0 bridgehead atoms. The number of carbonyl (C=O) groups is 1. The number of carboxylic acids is 1. The predicted molar refractivity (Wildman–Crippen MR) is 119 cm³/mol. The highest BCUT2D eigenvalue weighted by atomic mass is 16.7. The number of aliphatic carboxylic acids is 1. The van der Waals surface area contributed by atoms with Gasteiger partial charge in [-0.05, 0) is 18.2 Å². The maximum absolute atomic E-state index is 13.1. The Morgan fingerprint density at radius 3 is 2.49 bits per heavy atom. The minimum atomic E-state index is -1.91. The Balaban J connectivity index is 1.51. The van der Waals surface area contributed by atoms with E-state index in [1.807, 2.05) is 0 Å². The summed E-state index contributed by atoms with van der Waals surface area (Å²) in [6.45, 7) is -0.157. The summed E-state index contributed by atoms with van der Waals surface area (Å²) in [5.74, 6) is -3.16. The third kappa shape index (κ3) is 3.92. The van der Waals surface area contributed by atoms with Crippen LogP contribution in [-0.2, 0) is 9.53 Å². The summed E-state index contributed by atoms with van der Waals surface area (Å²) >= 11 is 0. The van der Waals surface area contributed by atoms with Crippen LogP contribution < -0.4 is 24.4 Å². The van der Waals surface area contributed by atoms with Gasteiger partial charge in [0.2, 0.25) is 30.0 Å². The van der Waals surface area contributed by atoms with Crippen molar-refractivity contribution >= 4 is 16.9 Å². The van der Waals surface area contributed by atoms with Crippen molar-refractivity contribution in [1.29, 1.82) is 0 Å². The normalized spacial score (nSPS) is 24.7. The monoisotopic (exact) mass is 520 g/mol. The van der Waals surface area contributed by atoms with Gasteiger partial charge in [0.1, 0.15) is 29.3 Å². The molecule has 0 radical (unpaired) electrons. The van der Waals surface area contributed by atoms with Gasteiger partial charge < -0.3 is 58.7 Å². The summed E-state index contributed by atoms with van der Waals surface area (Å²) in [5.41, 5.74) is -0.629. The zero-order valence-electron chi connectivity index (χ0n) is 18.9. The molecule has 2 aliphatic heterocycles. The van der Waals surface area contributed by atoms with Crippen LogP contribution in [0.1, 0.15) is 0 Å². The van der Waals surface area contributed by atoms with Crippen LogP contribution >= 0.6 is 0 Å². The van der Waals surface area contributed by atoms with Gasteiger partial charge in [-0.15, -0.1) is 0 Å². The zero-order chi connectivity index (χ0) is 26.6. The van der Waals surface area contributed by atoms with E-state index in [2.05, 4.69) is 0 Å². The highest BCUT2D eigenvalue weighted by Gasteiger charge is 2.48. The summed E-state index contributed by atoms with van der Waals surface area (Å²) in [5, 5.41) is 59.9. The molecule has 3 heterocycles. The second kappa shape index (κ2) is 9.01. The Labute approximate surface area is 206 Å². The number of aromatic hydroxyl groups is 2. The number of hydrogen-bond acceptors (Lipinski definition) is 13. The summed E-state index contributed by atoms with van der Waals surface area (Å²) in [6, 6.07) is 5.04. The first-order valence-electron chi connectivity index (χ1n) is 10.7. The van der Waals surface area contributed by atoms with Crippen molar-refractivity contribution < 1.29 is 63.5 Å². The van der Waals surface area contributed by atoms with E-state index in [4.69, 9.17) is 33.2 Å². The second-order valence-electron chi connectivity index (χ2n) is 8.16. The maximum atomic E-state index is 13.1. The standard InChI is InChI=1S/C23H20O14/c1-32-20-14(26)12-10(5-11-19(13(12)25)34-6-33-11)35-18(20)7-2-3-9(8(24)4-7)36-23-17(29)15(27)16(28)21(37-23)22(30)31/h2-5,15-17,21,23-25,27-29H,6H2,1H3,(H,30,31)/t15-,16-,17+,21-,23+/m1/s1. The van der Waals surface area contributed by atoms with Gasteiger partial charge in [0.15, 0.2) is 34.9 Å². The van der Waals surface area contributed by atoms with E-state index in [1.54, 1.807) is 0 Å². The first kappa shape index (κ1) is 24.5. The van der Waals surface area contributed by atoms with E-state index in [0.717, 1.165) is 6.07 Å². The maximum Gasteiger partial charge on any atom is 0.335 e. The van der Waals surface area contributed by atoms with Crippen LogP contribution in [0.15, 0.2) is 33.5 Å². The molecule has 0 aliphatic carbocycles. The Morgan fingerprint density at radius 2 is 1.81 bits per heavy atom. The molecule has 0 saturated carbocycles. The molecule has 2 aliphatic rings. The fourth-order valence-electron chi connectivity index (χ4n) is 4.08. The number of hydrogen-bond donors (Lipinski definition) is 6. The molecule has 14 nitrogen and oxygen atoms in total. The Hall–Kier alpha value is -4.24. The number of rotatable bonds is 5. The molecule has 0 amide bonds. The number of ether oxygens (including phenoxy) is 5.